The van der Waals surface area contributed by atoms with Crippen LogP contribution in [-0.2, 0) is 6.54 Å². The Labute approximate surface area is 118 Å². The first-order valence-electron chi connectivity index (χ1n) is 6.51. The van der Waals surface area contributed by atoms with Gasteiger partial charge in [-0.05, 0) is 43.8 Å². The van der Waals surface area contributed by atoms with Crippen molar-refractivity contribution in [2.45, 2.75) is 39.5 Å². The third-order valence-electron chi connectivity index (χ3n) is 3.08. The van der Waals surface area contributed by atoms with Crippen molar-refractivity contribution < 1.29 is 5.11 Å². The van der Waals surface area contributed by atoms with E-state index in [1.165, 1.54) is 4.88 Å². The maximum absolute atomic E-state index is 9.52. The Balaban J connectivity index is 2.19. The van der Waals surface area contributed by atoms with E-state index in [9.17, 15) is 5.11 Å². The molecule has 0 spiro atoms. The molecule has 0 unspecified atom stereocenters. The van der Waals surface area contributed by atoms with Gasteiger partial charge >= 0.3 is 0 Å². The zero-order valence-electron chi connectivity index (χ0n) is 11.6. The van der Waals surface area contributed by atoms with Crippen LogP contribution >= 0.6 is 11.3 Å². The zero-order chi connectivity index (χ0) is 13.8. The number of aliphatic hydroxyl groups is 1. The zero-order valence-corrected chi connectivity index (χ0v) is 12.4. The van der Waals surface area contributed by atoms with Crippen molar-refractivity contribution in [3.63, 3.8) is 0 Å². The molecule has 0 saturated carbocycles. The van der Waals surface area contributed by atoms with Crippen LogP contribution in [0.4, 0.5) is 5.82 Å². The highest BCUT2D eigenvalue weighted by atomic mass is 32.1. The van der Waals surface area contributed by atoms with Crippen molar-refractivity contribution in [2.75, 3.05) is 4.90 Å². The highest BCUT2D eigenvalue weighted by Gasteiger charge is 2.13. The van der Waals surface area contributed by atoms with Gasteiger partial charge in [-0.2, -0.15) is 0 Å². The Morgan fingerprint density at radius 2 is 2.05 bits per heavy atom. The average Bonchev–Trinajstić information content (AvgIpc) is 2.88. The molecule has 1 atom stereocenters. The molecule has 0 bridgehead atoms. The fraction of sp³-hybridized carbons (Fsp3) is 0.400. The van der Waals surface area contributed by atoms with E-state index in [-0.39, 0.29) is 0 Å². The van der Waals surface area contributed by atoms with Gasteiger partial charge in [0.25, 0.3) is 0 Å². The van der Waals surface area contributed by atoms with Crippen molar-refractivity contribution in [3.8, 4) is 0 Å². The molecule has 0 aromatic carbocycles. The molecule has 0 aliphatic carbocycles. The van der Waals surface area contributed by atoms with Gasteiger partial charge in [-0.1, -0.05) is 12.1 Å². The standard InChI is InChI=1S/C15H20N2OS/c1-11(2)17(10-14-5-4-8-19-14)15-7-6-13(9-16-15)12(3)18/h4-9,11-12,18H,10H2,1-3H3/t12-/m1/s1. The van der Waals surface area contributed by atoms with Gasteiger partial charge in [0, 0.05) is 17.1 Å². The number of pyridine rings is 1. The molecule has 0 aliphatic rings. The molecular weight excluding hydrogens is 256 g/mol. The van der Waals surface area contributed by atoms with E-state index in [4.69, 9.17) is 0 Å². The van der Waals surface area contributed by atoms with Gasteiger partial charge in [-0.25, -0.2) is 4.98 Å². The second-order valence-corrected chi connectivity index (χ2v) is 5.96. The van der Waals surface area contributed by atoms with Crippen LogP contribution in [0.3, 0.4) is 0 Å². The minimum absolute atomic E-state index is 0.381. The summed E-state index contributed by atoms with van der Waals surface area (Å²) in [5.41, 5.74) is 0.851. The van der Waals surface area contributed by atoms with Crippen LogP contribution in [0.5, 0.6) is 0 Å². The Kier molecular flexibility index (Phi) is 4.56. The van der Waals surface area contributed by atoms with Crippen LogP contribution < -0.4 is 4.90 Å². The van der Waals surface area contributed by atoms with Crippen LogP contribution in [0.2, 0.25) is 0 Å². The van der Waals surface area contributed by atoms with E-state index in [1.54, 1.807) is 24.5 Å². The van der Waals surface area contributed by atoms with Gasteiger partial charge in [-0.3, -0.25) is 0 Å². The number of aliphatic hydroxyl groups excluding tert-OH is 1. The maximum Gasteiger partial charge on any atom is 0.129 e. The normalized spacial score (nSPS) is 12.7. The van der Waals surface area contributed by atoms with Gasteiger partial charge in [0.2, 0.25) is 0 Å². The predicted molar refractivity (Wildman–Crippen MR) is 80.5 cm³/mol. The number of hydrogen-bond acceptors (Lipinski definition) is 4. The number of hydrogen-bond donors (Lipinski definition) is 1. The number of thiophene rings is 1. The SMILES string of the molecule is CC(C)N(Cc1cccs1)c1ccc([C@@H](C)O)cn1. The second-order valence-electron chi connectivity index (χ2n) is 4.93. The summed E-state index contributed by atoms with van der Waals surface area (Å²) in [5.74, 6) is 0.952. The quantitative estimate of drug-likeness (QED) is 0.906. The van der Waals surface area contributed by atoms with Gasteiger partial charge in [0.1, 0.15) is 5.82 Å². The summed E-state index contributed by atoms with van der Waals surface area (Å²) in [7, 11) is 0. The van der Waals surface area contributed by atoms with Crippen LogP contribution in [-0.4, -0.2) is 16.1 Å². The predicted octanol–water partition coefficient (Wildman–Crippen LogP) is 3.61. The van der Waals surface area contributed by atoms with Crippen LogP contribution in [0.1, 0.15) is 37.3 Å². The molecule has 19 heavy (non-hydrogen) atoms. The number of aromatic nitrogens is 1. The van der Waals surface area contributed by atoms with Crippen molar-refractivity contribution in [2.24, 2.45) is 0 Å². The number of nitrogens with zero attached hydrogens (tertiary/aromatic N) is 2. The molecule has 3 nitrogen and oxygen atoms in total. The number of rotatable bonds is 5. The molecule has 0 saturated heterocycles. The summed E-state index contributed by atoms with van der Waals surface area (Å²) in [5, 5.41) is 11.6. The van der Waals surface area contributed by atoms with Gasteiger partial charge in [0.15, 0.2) is 0 Å². The highest BCUT2D eigenvalue weighted by Crippen LogP contribution is 2.21. The second kappa shape index (κ2) is 6.17. The summed E-state index contributed by atoms with van der Waals surface area (Å²) in [6, 6.07) is 8.52. The smallest absolute Gasteiger partial charge is 0.129 e. The molecule has 1 N–H and O–H groups in total. The van der Waals surface area contributed by atoms with Gasteiger partial charge in [0.05, 0.1) is 12.6 Å². The lowest BCUT2D eigenvalue weighted by Gasteiger charge is -2.27. The average molecular weight is 276 g/mol. The molecule has 2 aromatic rings. The molecule has 2 heterocycles. The topological polar surface area (TPSA) is 36.4 Å². The van der Waals surface area contributed by atoms with Gasteiger partial charge < -0.3 is 10.0 Å². The Morgan fingerprint density at radius 3 is 2.53 bits per heavy atom. The lowest BCUT2D eigenvalue weighted by Crippen LogP contribution is -2.30. The summed E-state index contributed by atoms with van der Waals surface area (Å²) >= 11 is 1.76. The maximum atomic E-state index is 9.52. The molecule has 0 amide bonds. The highest BCUT2D eigenvalue weighted by molar-refractivity contribution is 7.09. The molecule has 2 rings (SSSR count). The first-order valence-corrected chi connectivity index (χ1v) is 7.39. The lowest BCUT2D eigenvalue weighted by molar-refractivity contribution is 0.199. The Morgan fingerprint density at radius 1 is 1.26 bits per heavy atom. The Hall–Kier alpha value is -1.39. The molecule has 0 radical (unpaired) electrons. The van der Waals surface area contributed by atoms with Crippen molar-refractivity contribution in [1.29, 1.82) is 0 Å². The molecule has 0 fully saturated rings. The lowest BCUT2D eigenvalue weighted by atomic mass is 10.2. The molecule has 2 aromatic heterocycles. The summed E-state index contributed by atoms with van der Waals surface area (Å²) < 4.78 is 0. The van der Waals surface area contributed by atoms with Crippen LogP contribution in [0.25, 0.3) is 0 Å². The van der Waals surface area contributed by atoms with Crippen LogP contribution in [0.15, 0.2) is 35.8 Å². The largest absolute Gasteiger partial charge is 0.389 e. The minimum atomic E-state index is -0.466. The molecule has 4 heteroatoms. The molecule has 102 valence electrons. The third kappa shape index (κ3) is 3.55. The third-order valence-corrected chi connectivity index (χ3v) is 3.94. The minimum Gasteiger partial charge on any atom is -0.389 e. The van der Waals surface area contributed by atoms with E-state index in [0.29, 0.717) is 6.04 Å². The monoisotopic (exact) mass is 276 g/mol. The fourth-order valence-electron chi connectivity index (χ4n) is 1.91. The van der Waals surface area contributed by atoms with E-state index in [2.05, 4.69) is 41.2 Å². The van der Waals surface area contributed by atoms with Gasteiger partial charge in [-0.15, -0.1) is 11.3 Å². The van der Waals surface area contributed by atoms with Crippen molar-refractivity contribution in [1.82, 2.24) is 4.98 Å². The summed E-state index contributed by atoms with van der Waals surface area (Å²) in [6.07, 6.45) is 1.29. The Bertz CT molecular complexity index is 491. The number of anilines is 1. The van der Waals surface area contributed by atoms with E-state index in [1.807, 2.05) is 12.1 Å². The van der Waals surface area contributed by atoms with Crippen LogP contribution in [0, 0.1) is 0 Å². The van der Waals surface area contributed by atoms with E-state index < -0.39 is 6.10 Å². The summed E-state index contributed by atoms with van der Waals surface area (Å²) in [6.45, 7) is 6.95. The summed E-state index contributed by atoms with van der Waals surface area (Å²) in [4.78, 5) is 8.06. The van der Waals surface area contributed by atoms with E-state index >= 15 is 0 Å². The first-order chi connectivity index (χ1) is 9.08. The fourth-order valence-corrected chi connectivity index (χ4v) is 2.62. The molecule has 0 aliphatic heterocycles. The van der Waals surface area contributed by atoms with E-state index in [0.717, 1.165) is 17.9 Å². The first kappa shape index (κ1) is 14.0. The molecular formula is C15H20N2OS. The van der Waals surface area contributed by atoms with Crippen molar-refractivity contribution in [3.05, 3.63) is 46.3 Å². The van der Waals surface area contributed by atoms with Crippen molar-refractivity contribution >= 4 is 17.2 Å².